The maximum absolute atomic E-state index is 12.4. The number of nitrogen functional groups attached to an aromatic ring is 1. The van der Waals surface area contributed by atoms with Crippen LogP contribution >= 0.6 is 0 Å². The van der Waals surface area contributed by atoms with E-state index in [-0.39, 0.29) is 12.5 Å². The van der Waals surface area contributed by atoms with E-state index >= 15 is 0 Å². The number of carbonyl (C=O) groups excluding carboxylic acids is 1. The van der Waals surface area contributed by atoms with Gasteiger partial charge in [-0.05, 0) is 49.1 Å². The van der Waals surface area contributed by atoms with E-state index < -0.39 is 0 Å². The highest BCUT2D eigenvalue weighted by Gasteiger charge is 2.13. The van der Waals surface area contributed by atoms with Crippen molar-refractivity contribution in [2.45, 2.75) is 20.3 Å². The van der Waals surface area contributed by atoms with Crippen LogP contribution in [0.15, 0.2) is 36.4 Å². The van der Waals surface area contributed by atoms with Gasteiger partial charge in [-0.25, -0.2) is 0 Å². The number of rotatable bonds is 4. The number of para-hydroxylation sites is 1. The van der Waals surface area contributed by atoms with Crippen LogP contribution < -0.4 is 11.1 Å². The average molecular weight is 284 g/mol. The van der Waals surface area contributed by atoms with Gasteiger partial charge in [0.15, 0.2) is 0 Å². The van der Waals surface area contributed by atoms with Crippen molar-refractivity contribution in [3.63, 3.8) is 0 Å². The van der Waals surface area contributed by atoms with E-state index in [2.05, 4.69) is 5.32 Å². The Balaban J connectivity index is 2.29. The van der Waals surface area contributed by atoms with Gasteiger partial charge < -0.3 is 16.2 Å². The molecule has 0 saturated heterocycles. The number of aliphatic hydroxyl groups is 1. The van der Waals surface area contributed by atoms with Crippen molar-refractivity contribution in [3.8, 4) is 0 Å². The third-order valence-electron chi connectivity index (χ3n) is 3.68. The molecule has 0 heterocycles. The van der Waals surface area contributed by atoms with Gasteiger partial charge in [0, 0.05) is 18.0 Å². The summed E-state index contributed by atoms with van der Waals surface area (Å²) in [4.78, 5) is 12.4. The number of hydrogen-bond donors (Lipinski definition) is 3. The summed E-state index contributed by atoms with van der Waals surface area (Å²) in [7, 11) is 0. The second kappa shape index (κ2) is 6.41. The quantitative estimate of drug-likeness (QED) is 0.756. The molecule has 4 heteroatoms. The number of aliphatic hydroxyl groups excluding tert-OH is 1. The maximum atomic E-state index is 12.4. The molecule has 0 unspecified atom stereocenters. The molecule has 2 rings (SSSR count). The van der Waals surface area contributed by atoms with Crippen LogP contribution in [0.4, 0.5) is 11.4 Å². The van der Waals surface area contributed by atoms with Gasteiger partial charge in [0.25, 0.3) is 5.91 Å². The van der Waals surface area contributed by atoms with E-state index in [0.29, 0.717) is 23.4 Å². The Morgan fingerprint density at radius 2 is 1.90 bits per heavy atom. The molecule has 21 heavy (non-hydrogen) atoms. The highest BCUT2D eigenvalue weighted by atomic mass is 16.3. The Kier molecular flexibility index (Phi) is 4.60. The zero-order chi connectivity index (χ0) is 15.4. The Morgan fingerprint density at radius 3 is 2.62 bits per heavy atom. The van der Waals surface area contributed by atoms with Gasteiger partial charge in [0.05, 0.1) is 5.56 Å². The molecule has 2 aromatic rings. The standard InChI is InChI=1S/C17H20N2O2/c1-11-7-8-14(16(18)12(11)2)17(21)19-15-6-4-3-5-13(15)9-10-20/h3-8,20H,9-10,18H2,1-2H3,(H,19,21). The van der Waals surface area contributed by atoms with Crippen LogP contribution in [-0.2, 0) is 6.42 Å². The molecule has 2 aromatic carbocycles. The first-order valence-electron chi connectivity index (χ1n) is 6.90. The molecule has 0 spiro atoms. The largest absolute Gasteiger partial charge is 0.398 e. The Morgan fingerprint density at radius 1 is 1.19 bits per heavy atom. The van der Waals surface area contributed by atoms with Crippen molar-refractivity contribution in [3.05, 3.63) is 58.7 Å². The lowest BCUT2D eigenvalue weighted by molar-refractivity contribution is 0.102. The first-order valence-corrected chi connectivity index (χ1v) is 6.90. The van der Waals surface area contributed by atoms with Crippen molar-refractivity contribution < 1.29 is 9.90 Å². The van der Waals surface area contributed by atoms with Gasteiger partial charge in [0.2, 0.25) is 0 Å². The number of benzene rings is 2. The Hall–Kier alpha value is -2.33. The van der Waals surface area contributed by atoms with Crippen LogP contribution in [0.3, 0.4) is 0 Å². The van der Waals surface area contributed by atoms with Crippen LogP contribution in [0, 0.1) is 13.8 Å². The summed E-state index contributed by atoms with van der Waals surface area (Å²) in [5.41, 5.74) is 10.6. The molecule has 4 nitrogen and oxygen atoms in total. The zero-order valence-corrected chi connectivity index (χ0v) is 12.3. The third-order valence-corrected chi connectivity index (χ3v) is 3.68. The van der Waals surface area contributed by atoms with Crippen molar-refractivity contribution in [2.24, 2.45) is 0 Å². The number of hydrogen-bond acceptors (Lipinski definition) is 3. The lowest BCUT2D eigenvalue weighted by Crippen LogP contribution is -2.16. The normalized spacial score (nSPS) is 10.4. The first-order chi connectivity index (χ1) is 10.0. The van der Waals surface area contributed by atoms with Gasteiger partial charge in [-0.3, -0.25) is 4.79 Å². The molecular weight excluding hydrogens is 264 g/mol. The molecule has 0 aromatic heterocycles. The minimum absolute atomic E-state index is 0.0403. The van der Waals surface area contributed by atoms with Crippen LogP contribution in [0.1, 0.15) is 27.0 Å². The highest BCUT2D eigenvalue weighted by Crippen LogP contribution is 2.23. The van der Waals surface area contributed by atoms with E-state index in [1.807, 2.05) is 44.2 Å². The molecule has 0 radical (unpaired) electrons. The van der Waals surface area contributed by atoms with Crippen LogP contribution in [0.2, 0.25) is 0 Å². The van der Waals surface area contributed by atoms with Gasteiger partial charge in [-0.2, -0.15) is 0 Å². The fourth-order valence-corrected chi connectivity index (χ4v) is 2.21. The maximum Gasteiger partial charge on any atom is 0.257 e. The molecule has 4 N–H and O–H groups in total. The molecule has 0 aliphatic carbocycles. The summed E-state index contributed by atoms with van der Waals surface area (Å²) < 4.78 is 0. The number of nitrogens with one attached hydrogen (secondary N) is 1. The molecule has 0 fully saturated rings. The fourth-order valence-electron chi connectivity index (χ4n) is 2.21. The SMILES string of the molecule is Cc1ccc(C(=O)Nc2ccccc2CCO)c(N)c1C. The van der Waals surface area contributed by atoms with Gasteiger partial charge in [0.1, 0.15) is 0 Å². The monoisotopic (exact) mass is 284 g/mol. The lowest BCUT2D eigenvalue weighted by atomic mass is 10.0. The number of anilines is 2. The molecule has 1 amide bonds. The second-order valence-corrected chi connectivity index (χ2v) is 5.05. The van der Waals surface area contributed by atoms with Crippen molar-refractivity contribution >= 4 is 17.3 Å². The lowest BCUT2D eigenvalue weighted by Gasteiger charge is -2.13. The average Bonchev–Trinajstić information content (AvgIpc) is 2.47. The Labute approximate surface area is 124 Å². The zero-order valence-electron chi connectivity index (χ0n) is 12.3. The molecule has 0 aliphatic heterocycles. The smallest absolute Gasteiger partial charge is 0.257 e. The summed E-state index contributed by atoms with van der Waals surface area (Å²) >= 11 is 0. The topological polar surface area (TPSA) is 75.3 Å². The van der Waals surface area contributed by atoms with E-state index in [9.17, 15) is 4.79 Å². The van der Waals surface area contributed by atoms with Gasteiger partial charge >= 0.3 is 0 Å². The van der Waals surface area contributed by atoms with Crippen molar-refractivity contribution in [1.29, 1.82) is 0 Å². The van der Waals surface area contributed by atoms with E-state index in [4.69, 9.17) is 10.8 Å². The predicted molar refractivity (Wildman–Crippen MR) is 85.5 cm³/mol. The molecule has 0 saturated carbocycles. The molecule has 0 aliphatic rings. The number of amides is 1. The second-order valence-electron chi connectivity index (χ2n) is 5.05. The number of nitrogens with two attached hydrogens (primary N) is 1. The molecule has 110 valence electrons. The molecule has 0 bridgehead atoms. The van der Waals surface area contributed by atoms with Gasteiger partial charge in [-0.15, -0.1) is 0 Å². The minimum Gasteiger partial charge on any atom is -0.398 e. The highest BCUT2D eigenvalue weighted by molar-refractivity contribution is 6.08. The van der Waals surface area contributed by atoms with Crippen molar-refractivity contribution in [1.82, 2.24) is 0 Å². The minimum atomic E-state index is -0.235. The predicted octanol–water partition coefficient (Wildman–Crippen LogP) is 2.67. The van der Waals surface area contributed by atoms with Crippen LogP contribution in [-0.4, -0.2) is 17.6 Å². The molecular formula is C17H20N2O2. The van der Waals surface area contributed by atoms with Crippen molar-refractivity contribution in [2.75, 3.05) is 17.7 Å². The van der Waals surface area contributed by atoms with Crippen LogP contribution in [0.25, 0.3) is 0 Å². The van der Waals surface area contributed by atoms with E-state index in [1.165, 1.54) is 0 Å². The summed E-state index contributed by atoms with van der Waals surface area (Å²) in [6.45, 7) is 3.91. The summed E-state index contributed by atoms with van der Waals surface area (Å²) in [5.74, 6) is -0.235. The third kappa shape index (κ3) is 3.23. The molecule has 0 atom stereocenters. The Bertz CT molecular complexity index is 666. The van der Waals surface area contributed by atoms with E-state index in [0.717, 1.165) is 16.7 Å². The summed E-state index contributed by atoms with van der Waals surface area (Å²) in [6.07, 6.45) is 0.499. The fraction of sp³-hybridized carbons (Fsp3) is 0.235. The van der Waals surface area contributed by atoms with Gasteiger partial charge in [-0.1, -0.05) is 24.3 Å². The summed E-state index contributed by atoms with van der Waals surface area (Å²) in [5, 5.41) is 11.9. The van der Waals surface area contributed by atoms with Crippen LogP contribution in [0.5, 0.6) is 0 Å². The number of carbonyl (C=O) groups is 1. The summed E-state index contributed by atoms with van der Waals surface area (Å²) in [6, 6.07) is 11.1. The van der Waals surface area contributed by atoms with E-state index in [1.54, 1.807) is 6.07 Å². The first kappa shape index (κ1) is 15.1. The number of aryl methyl sites for hydroxylation is 1.